The van der Waals surface area contributed by atoms with Crippen LogP contribution in [0, 0.1) is 5.92 Å². The average molecular weight is 307 g/mol. The lowest BCUT2D eigenvalue weighted by Gasteiger charge is -2.33. The highest BCUT2D eigenvalue weighted by molar-refractivity contribution is 5.95. The summed E-state index contributed by atoms with van der Waals surface area (Å²) < 4.78 is 5.82. The van der Waals surface area contributed by atoms with Crippen molar-refractivity contribution in [2.45, 2.75) is 59.0 Å². The van der Waals surface area contributed by atoms with Crippen LogP contribution in [-0.2, 0) is 11.2 Å². The first-order valence-electron chi connectivity index (χ1n) is 8.55. The maximum Gasteiger partial charge on any atom is 0.257 e. The maximum atomic E-state index is 12.7. The first-order chi connectivity index (χ1) is 10.6. The van der Waals surface area contributed by atoms with Gasteiger partial charge >= 0.3 is 0 Å². The van der Waals surface area contributed by atoms with Gasteiger partial charge < -0.3 is 9.64 Å². The van der Waals surface area contributed by atoms with Crippen LogP contribution in [-0.4, -0.2) is 46.8 Å². The number of hydrogen-bond donors (Lipinski definition) is 1. The van der Waals surface area contributed by atoms with Gasteiger partial charge in [-0.1, -0.05) is 40.0 Å². The topological polar surface area (TPSA) is 58.2 Å². The van der Waals surface area contributed by atoms with Crippen LogP contribution >= 0.6 is 0 Å². The fourth-order valence-electron chi connectivity index (χ4n) is 2.94. The lowest BCUT2D eigenvalue weighted by atomic mass is 10.0. The molecular formula is C17H29N3O2. The first kappa shape index (κ1) is 17.0. The van der Waals surface area contributed by atoms with Gasteiger partial charge in [0.2, 0.25) is 0 Å². The number of amides is 1. The maximum absolute atomic E-state index is 12.7. The Kier molecular flexibility index (Phi) is 6.43. The summed E-state index contributed by atoms with van der Waals surface area (Å²) in [6.07, 6.45) is 7.13. The summed E-state index contributed by atoms with van der Waals surface area (Å²) in [5, 5.41) is 7.00. The van der Waals surface area contributed by atoms with Gasteiger partial charge in [-0.05, 0) is 18.8 Å². The van der Waals surface area contributed by atoms with E-state index in [0.717, 1.165) is 42.9 Å². The minimum Gasteiger partial charge on any atom is -0.375 e. The predicted octanol–water partition coefficient (Wildman–Crippen LogP) is 3.03. The minimum atomic E-state index is 0.0920. The molecule has 124 valence electrons. The molecule has 1 saturated heterocycles. The van der Waals surface area contributed by atoms with E-state index in [4.69, 9.17) is 4.74 Å². The third-order valence-corrected chi connectivity index (χ3v) is 4.18. The largest absolute Gasteiger partial charge is 0.375 e. The molecule has 1 aliphatic heterocycles. The number of morpholine rings is 1. The number of aromatic nitrogens is 2. The average Bonchev–Trinajstić information content (AvgIpc) is 2.95. The molecule has 0 aliphatic carbocycles. The first-order valence-corrected chi connectivity index (χ1v) is 8.55. The highest BCUT2D eigenvalue weighted by Gasteiger charge is 2.26. The van der Waals surface area contributed by atoms with Crippen LogP contribution in [0.1, 0.15) is 62.5 Å². The van der Waals surface area contributed by atoms with Crippen molar-refractivity contribution in [3.05, 3.63) is 17.5 Å². The standard InChI is InChI=1S/C17H29N3O2/c1-4-6-16-15(11-18-19-16)17(21)20-9-10-22-14(12-20)8-5-7-13(2)3/h11,13-14H,4-10,12H2,1-3H3,(H,18,19)/t14-/m0/s1. The number of aryl methyl sites for hydroxylation is 1. The van der Waals surface area contributed by atoms with Crippen molar-refractivity contribution in [1.82, 2.24) is 15.1 Å². The number of carbonyl (C=O) groups excluding carboxylic acids is 1. The highest BCUT2D eigenvalue weighted by atomic mass is 16.5. The van der Waals surface area contributed by atoms with Crippen LogP contribution < -0.4 is 0 Å². The van der Waals surface area contributed by atoms with E-state index in [1.54, 1.807) is 6.20 Å². The molecule has 0 unspecified atom stereocenters. The summed E-state index contributed by atoms with van der Waals surface area (Å²) >= 11 is 0. The second-order valence-electron chi connectivity index (χ2n) is 6.58. The van der Waals surface area contributed by atoms with Crippen LogP contribution in [0.2, 0.25) is 0 Å². The van der Waals surface area contributed by atoms with E-state index < -0.39 is 0 Å². The van der Waals surface area contributed by atoms with Crippen molar-refractivity contribution >= 4 is 5.91 Å². The zero-order chi connectivity index (χ0) is 15.9. The summed E-state index contributed by atoms with van der Waals surface area (Å²) in [5.74, 6) is 0.818. The molecule has 2 heterocycles. The zero-order valence-electron chi connectivity index (χ0n) is 14.1. The minimum absolute atomic E-state index is 0.0920. The van der Waals surface area contributed by atoms with Crippen molar-refractivity contribution in [3.63, 3.8) is 0 Å². The molecule has 2 rings (SSSR count). The molecule has 5 nitrogen and oxygen atoms in total. The molecule has 0 aromatic carbocycles. The SMILES string of the molecule is CCCc1[nH]ncc1C(=O)N1CCO[C@@H](CCCC(C)C)C1. The number of ether oxygens (including phenoxy) is 1. The van der Waals surface area contributed by atoms with Crippen LogP contribution in [0.15, 0.2) is 6.20 Å². The number of nitrogens with zero attached hydrogens (tertiary/aromatic N) is 2. The summed E-state index contributed by atoms with van der Waals surface area (Å²) in [6, 6.07) is 0. The van der Waals surface area contributed by atoms with E-state index in [9.17, 15) is 4.79 Å². The second-order valence-corrected chi connectivity index (χ2v) is 6.58. The van der Waals surface area contributed by atoms with E-state index in [2.05, 4.69) is 31.0 Å². The van der Waals surface area contributed by atoms with E-state index in [0.29, 0.717) is 19.7 Å². The van der Waals surface area contributed by atoms with Gasteiger partial charge in [0.15, 0.2) is 0 Å². The quantitative estimate of drug-likeness (QED) is 0.842. The summed E-state index contributed by atoms with van der Waals surface area (Å²) in [4.78, 5) is 14.6. The number of H-pyrrole nitrogens is 1. The molecule has 0 spiro atoms. The van der Waals surface area contributed by atoms with Gasteiger partial charge in [-0.2, -0.15) is 5.10 Å². The fraction of sp³-hybridized carbons (Fsp3) is 0.765. The van der Waals surface area contributed by atoms with Gasteiger partial charge in [0.1, 0.15) is 0 Å². The molecule has 1 N–H and O–H groups in total. The summed E-state index contributed by atoms with van der Waals surface area (Å²) in [5.41, 5.74) is 1.68. The molecule has 1 aliphatic rings. The highest BCUT2D eigenvalue weighted by Crippen LogP contribution is 2.17. The third-order valence-electron chi connectivity index (χ3n) is 4.18. The molecule has 1 aromatic heterocycles. The van der Waals surface area contributed by atoms with Crippen molar-refractivity contribution in [2.24, 2.45) is 5.92 Å². The van der Waals surface area contributed by atoms with Crippen LogP contribution in [0.3, 0.4) is 0 Å². The zero-order valence-corrected chi connectivity index (χ0v) is 14.1. The van der Waals surface area contributed by atoms with Crippen molar-refractivity contribution in [1.29, 1.82) is 0 Å². The lowest BCUT2D eigenvalue weighted by molar-refractivity contribution is -0.0260. The molecule has 0 radical (unpaired) electrons. The predicted molar refractivity (Wildman–Crippen MR) is 86.9 cm³/mol. The number of carbonyl (C=O) groups is 1. The molecule has 1 atom stereocenters. The number of rotatable bonds is 7. The van der Waals surface area contributed by atoms with Crippen molar-refractivity contribution < 1.29 is 9.53 Å². The normalized spacial score (nSPS) is 18.9. The Morgan fingerprint density at radius 3 is 3.09 bits per heavy atom. The summed E-state index contributed by atoms with van der Waals surface area (Å²) in [6.45, 7) is 8.61. The Labute approximate surface area is 133 Å². The molecule has 0 saturated carbocycles. The van der Waals surface area contributed by atoms with Gasteiger partial charge in [-0.3, -0.25) is 9.89 Å². The number of hydrogen-bond acceptors (Lipinski definition) is 3. The molecule has 5 heteroatoms. The van der Waals surface area contributed by atoms with E-state index in [-0.39, 0.29) is 12.0 Å². The van der Waals surface area contributed by atoms with Gasteiger partial charge in [0, 0.05) is 18.8 Å². The molecule has 22 heavy (non-hydrogen) atoms. The Morgan fingerprint density at radius 2 is 2.36 bits per heavy atom. The van der Waals surface area contributed by atoms with Gasteiger partial charge in [0.25, 0.3) is 5.91 Å². The van der Waals surface area contributed by atoms with Gasteiger partial charge in [0.05, 0.1) is 24.5 Å². The Bertz CT molecular complexity index is 470. The third kappa shape index (κ3) is 4.57. The van der Waals surface area contributed by atoms with Crippen molar-refractivity contribution in [2.75, 3.05) is 19.7 Å². The molecule has 1 aromatic rings. The molecule has 1 amide bonds. The lowest BCUT2D eigenvalue weighted by Crippen LogP contribution is -2.45. The van der Waals surface area contributed by atoms with Crippen molar-refractivity contribution in [3.8, 4) is 0 Å². The summed E-state index contributed by atoms with van der Waals surface area (Å²) in [7, 11) is 0. The van der Waals surface area contributed by atoms with Crippen LogP contribution in [0.4, 0.5) is 0 Å². The Hall–Kier alpha value is -1.36. The van der Waals surface area contributed by atoms with E-state index >= 15 is 0 Å². The van der Waals surface area contributed by atoms with E-state index in [1.165, 1.54) is 6.42 Å². The number of aromatic amines is 1. The monoisotopic (exact) mass is 307 g/mol. The Balaban J connectivity index is 1.90. The molecule has 1 fully saturated rings. The second kappa shape index (κ2) is 8.32. The molecule has 0 bridgehead atoms. The smallest absolute Gasteiger partial charge is 0.257 e. The molecular weight excluding hydrogens is 278 g/mol. The Morgan fingerprint density at radius 1 is 1.55 bits per heavy atom. The van der Waals surface area contributed by atoms with Crippen LogP contribution in [0.25, 0.3) is 0 Å². The van der Waals surface area contributed by atoms with E-state index in [1.807, 2.05) is 4.90 Å². The van der Waals surface area contributed by atoms with Gasteiger partial charge in [-0.15, -0.1) is 0 Å². The number of nitrogens with one attached hydrogen (secondary N) is 1. The fourth-order valence-corrected chi connectivity index (χ4v) is 2.94. The van der Waals surface area contributed by atoms with Crippen LogP contribution in [0.5, 0.6) is 0 Å². The van der Waals surface area contributed by atoms with Gasteiger partial charge in [-0.25, -0.2) is 0 Å².